The number of aryl methyl sites for hydroxylation is 1. The van der Waals surface area contributed by atoms with Crippen LogP contribution in [0.15, 0.2) is 60.8 Å². The fourth-order valence-corrected chi connectivity index (χ4v) is 2.88. The van der Waals surface area contributed by atoms with Crippen LogP contribution in [0.25, 0.3) is 11.1 Å². The van der Waals surface area contributed by atoms with E-state index in [9.17, 15) is 4.79 Å². The highest BCUT2D eigenvalue weighted by Gasteiger charge is 2.10. The molecule has 138 valence electrons. The summed E-state index contributed by atoms with van der Waals surface area (Å²) < 4.78 is 0. The Morgan fingerprint density at radius 3 is 2.67 bits per heavy atom. The van der Waals surface area contributed by atoms with Crippen LogP contribution in [0.4, 0.5) is 5.82 Å². The molecule has 1 amide bonds. The van der Waals surface area contributed by atoms with Gasteiger partial charge in [0.2, 0.25) is 0 Å². The molecule has 3 rings (SSSR count). The number of carbonyl (C=O) groups excluding carboxylic acids is 1. The van der Waals surface area contributed by atoms with Crippen molar-refractivity contribution in [2.75, 3.05) is 12.4 Å². The van der Waals surface area contributed by atoms with Gasteiger partial charge in [-0.3, -0.25) is 4.79 Å². The first kappa shape index (κ1) is 19.0. The summed E-state index contributed by atoms with van der Waals surface area (Å²) in [5.74, 6) is 0.284. The van der Waals surface area contributed by atoms with Crippen molar-refractivity contribution in [1.82, 2.24) is 4.98 Å². The number of hydrogen-bond acceptors (Lipinski definition) is 4. The van der Waals surface area contributed by atoms with Crippen LogP contribution in [0.3, 0.4) is 0 Å². The molecule has 0 spiro atoms. The molecule has 0 atom stereocenters. The smallest absolute Gasteiger partial charge is 0.257 e. The van der Waals surface area contributed by atoms with Crippen molar-refractivity contribution in [2.45, 2.75) is 13.5 Å². The molecule has 0 aliphatic rings. The average Bonchev–Trinajstić information content (AvgIpc) is 2.68. The lowest BCUT2D eigenvalue weighted by Crippen LogP contribution is -2.14. The highest BCUT2D eigenvalue weighted by molar-refractivity contribution is 6.33. The van der Waals surface area contributed by atoms with E-state index < -0.39 is 0 Å². The van der Waals surface area contributed by atoms with Gasteiger partial charge >= 0.3 is 0 Å². The van der Waals surface area contributed by atoms with Crippen molar-refractivity contribution >= 4 is 23.3 Å². The van der Waals surface area contributed by atoms with Crippen LogP contribution < -0.4 is 5.32 Å². The number of amides is 1. The number of halogens is 1. The van der Waals surface area contributed by atoms with Crippen LogP contribution in [-0.2, 0) is 16.4 Å². The summed E-state index contributed by atoms with van der Waals surface area (Å²) in [7, 11) is 1.46. The van der Waals surface area contributed by atoms with E-state index in [0.29, 0.717) is 23.0 Å². The minimum Gasteiger partial charge on any atom is -0.307 e. The Labute approximate surface area is 162 Å². The van der Waals surface area contributed by atoms with Crippen LogP contribution in [0.2, 0.25) is 5.02 Å². The number of rotatable bonds is 6. The third-order valence-electron chi connectivity index (χ3n) is 4.08. The summed E-state index contributed by atoms with van der Waals surface area (Å²) in [5.41, 5.74) is 4.13. The van der Waals surface area contributed by atoms with E-state index in [4.69, 9.17) is 16.5 Å². The van der Waals surface area contributed by atoms with Crippen molar-refractivity contribution in [2.24, 2.45) is 0 Å². The average molecular weight is 383 g/mol. The number of aromatic nitrogens is 1. The third-order valence-corrected chi connectivity index (χ3v) is 4.41. The second-order valence-electron chi connectivity index (χ2n) is 5.94. The van der Waals surface area contributed by atoms with Gasteiger partial charge in [-0.05, 0) is 48.4 Å². The van der Waals surface area contributed by atoms with Crippen LogP contribution in [0.5, 0.6) is 0 Å². The summed E-state index contributed by atoms with van der Waals surface area (Å²) >= 11 is 6.32. The molecular weight excluding hydrogens is 364 g/mol. The molecule has 0 aliphatic carbocycles. The predicted octanol–water partition coefficient (Wildman–Crippen LogP) is 5.04. The van der Waals surface area contributed by atoms with Crippen molar-refractivity contribution in [3.05, 3.63) is 82.5 Å². The minimum atomic E-state index is -0.190. The lowest BCUT2D eigenvalue weighted by Gasteiger charge is -2.10. The van der Waals surface area contributed by atoms with E-state index in [-0.39, 0.29) is 5.91 Å². The molecule has 27 heavy (non-hydrogen) atoms. The van der Waals surface area contributed by atoms with Gasteiger partial charge in [-0.25, -0.2) is 14.8 Å². The maximum atomic E-state index is 12.4. The van der Waals surface area contributed by atoms with E-state index in [2.05, 4.69) is 15.2 Å². The number of carbonyl (C=O) groups is 1. The first-order valence-electron chi connectivity index (χ1n) is 8.36. The van der Waals surface area contributed by atoms with Gasteiger partial charge in [0.25, 0.3) is 5.91 Å². The van der Waals surface area contributed by atoms with Crippen LogP contribution in [0.1, 0.15) is 21.5 Å². The minimum absolute atomic E-state index is 0.190. The van der Waals surface area contributed by atoms with E-state index in [0.717, 1.165) is 22.3 Å². The lowest BCUT2D eigenvalue weighted by atomic mass is 10.0. The number of pyridine rings is 1. The number of anilines is 1. The number of nitrogens with zero attached hydrogens (tertiary/aromatic N) is 1. The van der Waals surface area contributed by atoms with E-state index in [1.54, 1.807) is 24.4 Å². The largest absolute Gasteiger partial charge is 0.307 e. The molecule has 0 unspecified atom stereocenters. The Balaban J connectivity index is 1.77. The highest BCUT2D eigenvalue weighted by atomic mass is 35.5. The van der Waals surface area contributed by atoms with Gasteiger partial charge in [-0.15, -0.1) is 0 Å². The summed E-state index contributed by atoms with van der Waals surface area (Å²) in [5, 5.41) is 3.42. The molecule has 1 heterocycles. The molecule has 1 N–H and O–H groups in total. The standard InChI is InChI=1S/C21H19ClN2O3/c1-14-5-3-4-6-17(14)21(25)24-20-10-8-16(12-23-20)18-11-15(13-27-26-2)7-9-19(18)22/h3-12H,13H2,1-2H3,(H,23,24,25). The molecular formula is C21H19ClN2O3. The Kier molecular flexibility index (Phi) is 6.19. The Bertz CT molecular complexity index is 942. The normalized spacial score (nSPS) is 10.6. The molecule has 2 aromatic carbocycles. The second kappa shape index (κ2) is 8.77. The van der Waals surface area contributed by atoms with Crippen molar-refractivity contribution in [1.29, 1.82) is 0 Å². The van der Waals surface area contributed by atoms with Gasteiger partial charge in [-0.2, -0.15) is 0 Å². The van der Waals surface area contributed by atoms with Gasteiger partial charge in [0, 0.05) is 27.9 Å². The van der Waals surface area contributed by atoms with Crippen molar-refractivity contribution < 1.29 is 14.6 Å². The van der Waals surface area contributed by atoms with Gasteiger partial charge < -0.3 is 5.32 Å². The molecule has 0 aliphatic heterocycles. The first-order chi connectivity index (χ1) is 13.1. The summed E-state index contributed by atoms with van der Waals surface area (Å²) in [6.07, 6.45) is 1.68. The fourth-order valence-electron chi connectivity index (χ4n) is 2.65. The zero-order valence-electron chi connectivity index (χ0n) is 15.0. The summed E-state index contributed by atoms with van der Waals surface area (Å²) in [6, 6.07) is 16.6. The van der Waals surface area contributed by atoms with Crippen LogP contribution in [0, 0.1) is 6.92 Å². The first-order valence-corrected chi connectivity index (χ1v) is 8.73. The monoisotopic (exact) mass is 382 g/mol. The summed E-state index contributed by atoms with van der Waals surface area (Å²) in [4.78, 5) is 26.3. The number of nitrogens with one attached hydrogen (secondary N) is 1. The SMILES string of the molecule is COOCc1ccc(Cl)c(-c2ccc(NC(=O)c3ccccc3C)nc2)c1. The quantitative estimate of drug-likeness (QED) is 0.479. The Morgan fingerprint density at radius 2 is 1.96 bits per heavy atom. The van der Waals surface area contributed by atoms with Crippen LogP contribution in [-0.4, -0.2) is 18.0 Å². The molecule has 0 radical (unpaired) electrons. The summed E-state index contributed by atoms with van der Waals surface area (Å²) in [6.45, 7) is 2.21. The van der Waals surface area contributed by atoms with E-state index in [1.807, 2.05) is 43.3 Å². The molecule has 3 aromatic rings. The van der Waals surface area contributed by atoms with Gasteiger partial charge in [0.15, 0.2) is 0 Å². The second-order valence-corrected chi connectivity index (χ2v) is 6.35. The van der Waals surface area contributed by atoms with Gasteiger partial charge in [0.05, 0.1) is 7.11 Å². The van der Waals surface area contributed by atoms with Crippen molar-refractivity contribution in [3.63, 3.8) is 0 Å². The number of hydrogen-bond donors (Lipinski definition) is 1. The molecule has 0 saturated carbocycles. The zero-order valence-corrected chi connectivity index (χ0v) is 15.8. The zero-order chi connectivity index (χ0) is 19.2. The highest BCUT2D eigenvalue weighted by Crippen LogP contribution is 2.29. The maximum Gasteiger partial charge on any atom is 0.257 e. The topological polar surface area (TPSA) is 60.5 Å². The van der Waals surface area contributed by atoms with E-state index >= 15 is 0 Å². The molecule has 5 nitrogen and oxygen atoms in total. The van der Waals surface area contributed by atoms with Gasteiger partial charge in [-0.1, -0.05) is 35.9 Å². The lowest BCUT2D eigenvalue weighted by molar-refractivity contribution is -0.282. The maximum absolute atomic E-state index is 12.4. The Morgan fingerprint density at radius 1 is 1.15 bits per heavy atom. The van der Waals surface area contributed by atoms with Gasteiger partial charge in [0.1, 0.15) is 12.4 Å². The Hall–Kier alpha value is -2.73. The molecule has 6 heteroatoms. The fraction of sp³-hybridized carbons (Fsp3) is 0.143. The molecule has 0 fully saturated rings. The van der Waals surface area contributed by atoms with Crippen molar-refractivity contribution in [3.8, 4) is 11.1 Å². The van der Waals surface area contributed by atoms with E-state index in [1.165, 1.54) is 7.11 Å². The predicted molar refractivity (Wildman–Crippen MR) is 106 cm³/mol. The third kappa shape index (κ3) is 4.71. The molecule has 0 saturated heterocycles. The van der Waals surface area contributed by atoms with Crippen LogP contribution >= 0.6 is 11.6 Å². The number of benzene rings is 2. The molecule has 0 bridgehead atoms. The molecule has 1 aromatic heterocycles.